The van der Waals surface area contributed by atoms with E-state index >= 15 is 0 Å². The Kier molecular flexibility index (Phi) is 7.06. The van der Waals surface area contributed by atoms with Crippen LogP contribution in [-0.2, 0) is 6.42 Å². The maximum absolute atomic E-state index is 6.86. The summed E-state index contributed by atoms with van der Waals surface area (Å²) in [6.07, 6.45) is 4.91. The molecule has 0 atom stereocenters. The van der Waals surface area contributed by atoms with Gasteiger partial charge in [-0.15, -0.1) is 0 Å². The smallest absolute Gasteiger partial charge is 0.142 e. The summed E-state index contributed by atoms with van der Waals surface area (Å²) in [7, 11) is 0. The van der Waals surface area contributed by atoms with Gasteiger partial charge < -0.3 is 8.83 Å². The Bertz CT molecular complexity index is 4140. The van der Waals surface area contributed by atoms with E-state index in [1.165, 1.54) is 104 Å². The van der Waals surface area contributed by atoms with Gasteiger partial charge in [-0.3, -0.25) is 0 Å². The standard InChI is InChI=1S/C61H38O2/c1-34-27-52-44-18-10-7-15-40(44)30-53(52)57(35(34)2)59-54(55-32-62-60-47-21-19-36-11-5-8-16-42(36)45(47)23-25-49(55)60)31-41-28-38-13-3-4-14-39(38)29-51(41)58(59)56-33-63-61-48-22-20-37-12-6-9-17-43(37)46(48)24-26-50(56)61/h3-29,31-33H,30H2,1-2H3. The second-order valence-corrected chi connectivity index (χ2v) is 17.6. The molecule has 14 rings (SSSR count). The topological polar surface area (TPSA) is 26.3 Å². The third kappa shape index (κ3) is 4.84. The number of benzene rings is 11. The highest BCUT2D eigenvalue weighted by molar-refractivity contribution is 6.24. The third-order valence-corrected chi connectivity index (χ3v) is 14.4. The van der Waals surface area contributed by atoms with Crippen LogP contribution in [0, 0.1) is 13.8 Å². The third-order valence-electron chi connectivity index (χ3n) is 14.4. The van der Waals surface area contributed by atoms with E-state index in [-0.39, 0.29) is 0 Å². The van der Waals surface area contributed by atoms with Crippen LogP contribution in [0.4, 0.5) is 0 Å². The first-order chi connectivity index (χ1) is 31.1. The summed E-state index contributed by atoms with van der Waals surface area (Å²) in [5.41, 5.74) is 16.8. The summed E-state index contributed by atoms with van der Waals surface area (Å²) in [5, 5.41) is 16.5. The Morgan fingerprint density at radius 2 is 0.889 bits per heavy atom. The summed E-state index contributed by atoms with van der Waals surface area (Å²) in [6.45, 7) is 4.60. The number of fused-ring (bicyclic) bond motifs is 15. The van der Waals surface area contributed by atoms with E-state index in [9.17, 15) is 0 Å². The molecule has 0 saturated heterocycles. The number of furan rings is 2. The van der Waals surface area contributed by atoms with Crippen LogP contribution in [0.5, 0.6) is 0 Å². The largest absolute Gasteiger partial charge is 0.463 e. The van der Waals surface area contributed by atoms with Crippen LogP contribution in [0.25, 0.3) is 131 Å². The SMILES string of the molecule is Cc1cc2c(c(-c3c(-c4coc5c4ccc4c6ccccc6ccc45)cc4cc5ccccc5cc4c3-c3coc4c3ccc3c5ccccc5ccc34)c1C)Cc1ccccc1-2. The van der Waals surface area contributed by atoms with Crippen LogP contribution in [0.3, 0.4) is 0 Å². The summed E-state index contributed by atoms with van der Waals surface area (Å²) in [4.78, 5) is 0. The average Bonchev–Trinajstić information content (AvgIpc) is 4.06. The molecular formula is C61H38O2. The van der Waals surface area contributed by atoms with E-state index in [2.05, 4.69) is 184 Å². The molecule has 0 amide bonds. The quantitative estimate of drug-likeness (QED) is 0.131. The molecule has 2 aromatic heterocycles. The van der Waals surface area contributed by atoms with E-state index in [4.69, 9.17) is 8.83 Å². The first kappa shape index (κ1) is 34.7. The van der Waals surface area contributed by atoms with Crippen molar-refractivity contribution in [3.8, 4) is 44.5 Å². The van der Waals surface area contributed by atoms with Gasteiger partial charge in [0.15, 0.2) is 0 Å². The minimum absolute atomic E-state index is 0.865. The highest BCUT2D eigenvalue weighted by Gasteiger charge is 2.31. The number of rotatable bonds is 3. The highest BCUT2D eigenvalue weighted by atomic mass is 16.3. The molecule has 1 aliphatic carbocycles. The molecule has 2 heteroatoms. The second-order valence-electron chi connectivity index (χ2n) is 17.6. The fraction of sp³-hybridized carbons (Fsp3) is 0.0492. The molecule has 294 valence electrons. The van der Waals surface area contributed by atoms with Gasteiger partial charge in [0.25, 0.3) is 0 Å². The van der Waals surface area contributed by atoms with E-state index in [0.717, 1.165) is 55.8 Å². The fourth-order valence-electron chi connectivity index (χ4n) is 11.3. The van der Waals surface area contributed by atoms with Crippen LogP contribution in [-0.4, -0.2) is 0 Å². The second kappa shape index (κ2) is 12.8. The predicted octanol–water partition coefficient (Wildman–Crippen LogP) is 17.3. The summed E-state index contributed by atoms with van der Waals surface area (Å²) < 4.78 is 13.7. The van der Waals surface area contributed by atoms with Crippen molar-refractivity contribution in [1.29, 1.82) is 0 Å². The zero-order chi connectivity index (χ0) is 41.5. The molecule has 0 radical (unpaired) electrons. The van der Waals surface area contributed by atoms with Crippen molar-refractivity contribution < 1.29 is 8.83 Å². The van der Waals surface area contributed by atoms with E-state index < -0.39 is 0 Å². The summed E-state index contributed by atoms with van der Waals surface area (Å²) >= 11 is 0. The van der Waals surface area contributed by atoms with Gasteiger partial charge in [0.05, 0.1) is 12.5 Å². The molecule has 1 aliphatic rings. The molecule has 0 unspecified atom stereocenters. The molecule has 2 nitrogen and oxygen atoms in total. The Morgan fingerprint density at radius 1 is 0.333 bits per heavy atom. The van der Waals surface area contributed by atoms with E-state index in [1.54, 1.807) is 0 Å². The normalized spacial score (nSPS) is 12.5. The van der Waals surface area contributed by atoms with Crippen molar-refractivity contribution in [3.63, 3.8) is 0 Å². The Balaban J connectivity index is 1.16. The number of hydrogen-bond donors (Lipinski definition) is 0. The molecule has 0 fully saturated rings. The van der Waals surface area contributed by atoms with E-state index in [0.29, 0.717) is 0 Å². The van der Waals surface area contributed by atoms with Crippen molar-refractivity contribution >= 4 is 86.6 Å². The molecule has 13 aromatic rings. The molecule has 11 aromatic carbocycles. The molecule has 0 saturated carbocycles. The summed E-state index contributed by atoms with van der Waals surface area (Å²) in [5.74, 6) is 0. The summed E-state index contributed by atoms with van der Waals surface area (Å²) in [6, 6.07) is 62.7. The zero-order valence-electron chi connectivity index (χ0n) is 34.8. The zero-order valence-corrected chi connectivity index (χ0v) is 34.8. The lowest BCUT2D eigenvalue weighted by Gasteiger charge is -2.24. The Morgan fingerprint density at radius 3 is 1.59 bits per heavy atom. The van der Waals surface area contributed by atoms with Gasteiger partial charge in [-0.2, -0.15) is 0 Å². The number of aryl methyl sites for hydroxylation is 1. The van der Waals surface area contributed by atoms with Gasteiger partial charge in [0, 0.05) is 38.2 Å². The van der Waals surface area contributed by atoms with E-state index in [1.807, 2.05) is 12.5 Å². The number of hydrogen-bond acceptors (Lipinski definition) is 2. The maximum Gasteiger partial charge on any atom is 0.142 e. The van der Waals surface area contributed by atoms with Crippen LogP contribution >= 0.6 is 0 Å². The minimum atomic E-state index is 0.865. The van der Waals surface area contributed by atoms with Crippen LogP contribution < -0.4 is 0 Å². The van der Waals surface area contributed by atoms with Crippen molar-refractivity contribution in [2.45, 2.75) is 20.3 Å². The fourth-order valence-corrected chi connectivity index (χ4v) is 11.3. The van der Waals surface area contributed by atoms with Crippen LogP contribution in [0.15, 0.2) is 191 Å². The molecule has 0 spiro atoms. The monoisotopic (exact) mass is 802 g/mol. The molecule has 0 bridgehead atoms. The molecule has 2 heterocycles. The van der Waals surface area contributed by atoms with Gasteiger partial charge in [0.2, 0.25) is 0 Å². The minimum Gasteiger partial charge on any atom is -0.463 e. The average molecular weight is 803 g/mol. The maximum atomic E-state index is 6.86. The van der Waals surface area contributed by atoms with Gasteiger partial charge in [0.1, 0.15) is 11.2 Å². The van der Waals surface area contributed by atoms with Crippen LogP contribution in [0.1, 0.15) is 22.3 Å². The Hall–Kier alpha value is -7.94. The molecule has 0 aliphatic heterocycles. The van der Waals surface area contributed by atoms with Crippen molar-refractivity contribution in [2.24, 2.45) is 0 Å². The molecular weight excluding hydrogens is 765 g/mol. The first-order valence-electron chi connectivity index (χ1n) is 21.9. The predicted molar refractivity (Wildman–Crippen MR) is 265 cm³/mol. The van der Waals surface area contributed by atoms with Gasteiger partial charge in [-0.25, -0.2) is 0 Å². The first-order valence-corrected chi connectivity index (χ1v) is 21.9. The Labute approximate surface area is 363 Å². The molecule has 0 N–H and O–H groups in total. The van der Waals surface area contributed by atoms with Crippen molar-refractivity contribution in [2.75, 3.05) is 0 Å². The van der Waals surface area contributed by atoms with Crippen molar-refractivity contribution in [3.05, 3.63) is 205 Å². The molecule has 63 heavy (non-hydrogen) atoms. The van der Waals surface area contributed by atoms with Crippen molar-refractivity contribution in [1.82, 2.24) is 0 Å². The highest BCUT2D eigenvalue weighted by Crippen LogP contribution is 2.54. The van der Waals surface area contributed by atoms with Crippen LogP contribution in [0.2, 0.25) is 0 Å². The lowest BCUT2D eigenvalue weighted by molar-refractivity contribution is 0.620. The van der Waals surface area contributed by atoms with Gasteiger partial charge in [-0.1, -0.05) is 127 Å². The van der Waals surface area contributed by atoms with Gasteiger partial charge >= 0.3 is 0 Å². The lowest BCUT2D eigenvalue weighted by Crippen LogP contribution is -2.00. The van der Waals surface area contributed by atoms with Gasteiger partial charge in [-0.05, 0) is 167 Å². The lowest BCUT2D eigenvalue weighted by atomic mass is 9.79.